The Morgan fingerprint density at radius 2 is 1.75 bits per heavy atom. The average molecular weight is 301 g/mol. The largest absolute Gasteiger partial charge is 0.444 e. The van der Waals surface area contributed by atoms with Gasteiger partial charge in [-0.1, -0.05) is 12.1 Å². The number of hydrogen-bond donors (Lipinski definition) is 1. The molecule has 0 bridgehead atoms. The lowest BCUT2D eigenvalue weighted by Crippen LogP contribution is -2.32. The molecule has 1 aromatic rings. The fourth-order valence-corrected chi connectivity index (χ4v) is 1.79. The first-order valence-corrected chi connectivity index (χ1v) is 7.82. The molecule has 0 radical (unpaired) electrons. The van der Waals surface area contributed by atoms with Crippen LogP contribution in [0.2, 0.25) is 0 Å². The summed E-state index contributed by atoms with van der Waals surface area (Å²) in [7, 11) is -3.53. The van der Waals surface area contributed by atoms with Gasteiger partial charge in [-0.3, -0.25) is 0 Å². The molecule has 1 amide bonds. The maximum absolute atomic E-state index is 11.4. The molecule has 0 aliphatic carbocycles. The van der Waals surface area contributed by atoms with Gasteiger partial charge in [0.1, 0.15) is 11.4 Å². The summed E-state index contributed by atoms with van der Waals surface area (Å²) >= 11 is 0. The minimum absolute atomic E-state index is 0.230. The highest BCUT2D eigenvalue weighted by molar-refractivity contribution is 7.86. The molecule has 0 heterocycles. The monoisotopic (exact) mass is 301 g/mol. The summed E-state index contributed by atoms with van der Waals surface area (Å²) in [6, 6.07) is 6.37. The van der Waals surface area contributed by atoms with Gasteiger partial charge in [0.15, 0.2) is 0 Å². The van der Waals surface area contributed by atoms with Crippen LogP contribution in [0.4, 0.5) is 4.79 Å². The van der Waals surface area contributed by atoms with Crippen molar-refractivity contribution < 1.29 is 22.1 Å². The van der Waals surface area contributed by atoms with Crippen molar-refractivity contribution >= 4 is 16.2 Å². The number of hydrogen-bond acceptors (Lipinski definition) is 5. The van der Waals surface area contributed by atoms with Gasteiger partial charge in [-0.15, -0.1) is 0 Å². The Labute approximate surface area is 119 Å². The van der Waals surface area contributed by atoms with Gasteiger partial charge in [-0.2, -0.15) is 8.42 Å². The number of carbonyl (C=O) groups is 1. The van der Waals surface area contributed by atoms with E-state index in [1.54, 1.807) is 32.9 Å². The standard InChI is InChI=1S/C13H19NO5S/c1-13(2,3)18-12(15)14-9-10-5-7-11(8-6-10)19-20(4,16)17/h5-8H,9H2,1-4H3,(H,14,15). The highest BCUT2D eigenvalue weighted by atomic mass is 32.2. The number of carbonyl (C=O) groups excluding carboxylic acids is 1. The van der Waals surface area contributed by atoms with Crippen molar-refractivity contribution in [2.24, 2.45) is 0 Å². The molecule has 0 unspecified atom stereocenters. The molecule has 20 heavy (non-hydrogen) atoms. The van der Waals surface area contributed by atoms with Crippen LogP contribution in [0, 0.1) is 0 Å². The lowest BCUT2D eigenvalue weighted by molar-refractivity contribution is 0.0523. The van der Waals surface area contributed by atoms with Crippen LogP contribution in [0.25, 0.3) is 0 Å². The second-order valence-corrected chi connectivity index (χ2v) is 6.86. The van der Waals surface area contributed by atoms with Crippen LogP contribution < -0.4 is 9.50 Å². The lowest BCUT2D eigenvalue weighted by atomic mass is 10.2. The van der Waals surface area contributed by atoms with Gasteiger partial charge in [0.25, 0.3) is 0 Å². The lowest BCUT2D eigenvalue weighted by Gasteiger charge is -2.19. The van der Waals surface area contributed by atoms with Crippen molar-refractivity contribution in [2.75, 3.05) is 6.26 Å². The molecule has 112 valence electrons. The summed E-state index contributed by atoms with van der Waals surface area (Å²) in [6.07, 6.45) is 0.472. The number of benzene rings is 1. The van der Waals surface area contributed by atoms with E-state index in [9.17, 15) is 13.2 Å². The summed E-state index contributed by atoms with van der Waals surface area (Å²) in [6.45, 7) is 5.63. The molecule has 0 aliphatic rings. The van der Waals surface area contributed by atoms with E-state index in [0.717, 1.165) is 11.8 Å². The van der Waals surface area contributed by atoms with Gasteiger partial charge >= 0.3 is 16.2 Å². The third-order valence-corrected chi connectivity index (χ3v) is 2.50. The SMILES string of the molecule is CC(C)(C)OC(=O)NCc1ccc(OS(C)(=O)=O)cc1. The normalized spacial score (nSPS) is 11.8. The first-order valence-electron chi connectivity index (χ1n) is 6.00. The second kappa shape index (κ2) is 6.13. The fourth-order valence-electron chi connectivity index (χ4n) is 1.33. The number of rotatable bonds is 4. The van der Waals surface area contributed by atoms with Crippen molar-refractivity contribution in [1.29, 1.82) is 0 Å². The second-order valence-electron chi connectivity index (χ2n) is 5.29. The maximum atomic E-state index is 11.4. The molecular weight excluding hydrogens is 282 g/mol. The van der Waals surface area contributed by atoms with E-state index in [0.29, 0.717) is 0 Å². The van der Waals surface area contributed by atoms with Gasteiger partial charge < -0.3 is 14.2 Å². The molecule has 1 aromatic carbocycles. The Balaban J connectivity index is 2.52. The van der Waals surface area contributed by atoms with Crippen LogP contribution >= 0.6 is 0 Å². The molecule has 1 rings (SSSR count). The van der Waals surface area contributed by atoms with E-state index in [-0.39, 0.29) is 12.3 Å². The number of nitrogens with one attached hydrogen (secondary N) is 1. The molecule has 0 saturated carbocycles. The zero-order chi connectivity index (χ0) is 15.4. The van der Waals surface area contributed by atoms with Crippen molar-refractivity contribution in [2.45, 2.75) is 32.9 Å². The zero-order valence-corrected chi connectivity index (χ0v) is 12.8. The maximum Gasteiger partial charge on any atom is 0.407 e. The summed E-state index contributed by atoms with van der Waals surface area (Å²) in [5, 5.41) is 2.60. The Morgan fingerprint density at radius 3 is 2.20 bits per heavy atom. The van der Waals surface area contributed by atoms with Crippen LogP contribution in [0.15, 0.2) is 24.3 Å². The Hall–Kier alpha value is -1.76. The fraction of sp³-hybridized carbons (Fsp3) is 0.462. The van der Waals surface area contributed by atoms with Gasteiger partial charge in [-0.25, -0.2) is 4.79 Å². The smallest absolute Gasteiger partial charge is 0.407 e. The molecule has 1 N–H and O–H groups in total. The molecule has 0 spiro atoms. The van der Waals surface area contributed by atoms with E-state index >= 15 is 0 Å². The van der Waals surface area contributed by atoms with Gasteiger partial charge in [0.2, 0.25) is 0 Å². The van der Waals surface area contributed by atoms with Crippen molar-refractivity contribution in [3.63, 3.8) is 0 Å². The Bertz CT molecular complexity index is 557. The number of alkyl carbamates (subject to hydrolysis) is 1. The molecule has 0 saturated heterocycles. The first kappa shape index (κ1) is 16.3. The topological polar surface area (TPSA) is 81.7 Å². The van der Waals surface area contributed by atoms with Crippen LogP contribution in [-0.2, 0) is 21.4 Å². The van der Waals surface area contributed by atoms with Crippen LogP contribution in [0.3, 0.4) is 0 Å². The molecule has 0 fully saturated rings. The Kier molecular flexibility index (Phi) is 4.99. The van der Waals surface area contributed by atoms with Crippen LogP contribution in [-0.4, -0.2) is 26.4 Å². The third kappa shape index (κ3) is 6.98. The van der Waals surface area contributed by atoms with Crippen LogP contribution in [0.1, 0.15) is 26.3 Å². The van der Waals surface area contributed by atoms with E-state index in [1.807, 2.05) is 0 Å². The zero-order valence-electron chi connectivity index (χ0n) is 12.0. The summed E-state index contributed by atoms with van der Waals surface area (Å²) in [5.41, 5.74) is 0.258. The predicted octanol–water partition coefficient (Wildman–Crippen LogP) is 2.05. The first-order chi connectivity index (χ1) is 9.05. The summed E-state index contributed by atoms with van der Waals surface area (Å²) in [5.74, 6) is 0.230. The minimum Gasteiger partial charge on any atom is -0.444 e. The number of ether oxygens (including phenoxy) is 1. The van der Waals surface area contributed by atoms with E-state index in [2.05, 4.69) is 5.32 Å². The van der Waals surface area contributed by atoms with Gasteiger partial charge in [0, 0.05) is 6.54 Å². The molecular formula is C13H19NO5S. The van der Waals surface area contributed by atoms with Crippen molar-refractivity contribution in [3.05, 3.63) is 29.8 Å². The molecule has 6 nitrogen and oxygen atoms in total. The summed E-state index contributed by atoms with van der Waals surface area (Å²) < 4.78 is 31.7. The predicted molar refractivity (Wildman–Crippen MR) is 75.0 cm³/mol. The van der Waals surface area contributed by atoms with Crippen molar-refractivity contribution in [3.8, 4) is 5.75 Å². The van der Waals surface area contributed by atoms with Crippen LogP contribution in [0.5, 0.6) is 5.75 Å². The molecule has 7 heteroatoms. The molecule has 0 aliphatic heterocycles. The highest BCUT2D eigenvalue weighted by Crippen LogP contribution is 2.14. The quantitative estimate of drug-likeness (QED) is 0.861. The third-order valence-electron chi connectivity index (χ3n) is 2.01. The highest BCUT2D eigenvalue weighted by Gasteiger charge is 2.15. The van der Waals surface area contributed by atoms with E-state index < -0.39 is 21.8 Å². The van der Waals surface area contributed by atoms with Gasteiger partial charge in [0.05, 0.1) is 6.26 Å². The van der Waals surface area contributed by atoms with Gasteiger partial charge in [-0.05, 0) is 38.5 Å². The van der Waals surface area contributed by atoms with E-state index in [4.69, 9.17) is 8.92 Å². The summed E-state index contributed by atoms with van der Waals surface area (Å²) in [4.78, 5) is 11.4. The molecule has 0 aromatic heterocycles. The number of amides is 1. The van der Waals surface area contributed by atoms with Crippen molar-refractivity contribution in [1.82, 2.24) is 5.32 Å². The Morgan fingerprint density at radius 1 is 1.20 bits per heavy atom. The average Bonchev–Trinajstić information content (AvgIpc) is 2.23. The van der Waals surface area contributed by atoms with E-state index in [1.165, 1.54) is 12.1 Å². The molecule has 0 atom stereocenters. The minimum atomic E-state index is -3.53.